The molecule has 46 heavy (non-hydrogen) atoms. The number of carbonyl (C=O) groups is 4. The minimum absolute atomic E-state index is 0.0145. The van der Waals surface area contributed by atoms with Gasteiger partial charge in [0.1, 0.15) is 42.5 Å². The maximum absolute atomic E-state index is 13.4. The number of fused-ring (bicyclic) bond motifs is 1. The third-order valence-corrected chi connectivity index (χ3v) is 7.68. The van der Waals surface area contributed by atoms with Crippen LogP contribution < -0.4 is 25.4 Å². The zero-order valence-corrected chi connectivity index (χ0v) is 26.5. The van der Waals surface area contributed by atoms with Gasteiger partial charge in [-0.25, -0.2) is 0 Å². The van der Waals surface area contributed by atoms with Crippen LogP contribution in [0.15, 0.2) is 72.8 Å². The van der Waals surface area contributed by atoms with Crippen molar-refractivity contribution in [2.45, 2.75) is 51.1 Å². The summed E-state index contributed by atoms with van der Waals surface area (Å²) in [7, 11) is 1.61. The first-order valence-electron chi connectivity index (χ1n) is 15.5. The first-order valence-corrected chi connectivity index (χ1v) is 15.5. The van der Waals surface area contributed by atoms with Crippen molar-refractivity contribution in [3.05, 3.63) is 89.5 Å². The summed E-state index contributed by atoms with van der Waals surface area (Å²) < 4.78 is 11.8. The first-order chi connectivity index (χ1) is 22.1. The quantitative estimate of drug-likeness (QED) is 0.280. The van der Waals surface area contributed by atoms with Crippen LogP contribution in [0.5, 0.6) is 17.2 Å². The highest BCUT2D eigenvalue weighted by Crippen LogP contribution is 2.25. The third kappa shape index (κ3) is 9.47. The second-order valence-corrected chi connectivity index (χ2v) is 11.5. The zero-order chi connectivity index (χ0) is 33.1. The number of carbonyl (C=O) groups excluding carboxylic acids is 4. The largest absolute Gasteiger partial charge is 0.508 e. The second kappa shape index (κ2) is 16.3. The summed E-state index contributed by atoms with van der Waals surface area (Å²) in [4.78, 5) is 54.8. The first kappa shape index (κ1) is 33.8. The van der Waals surface area contributed by atoms with E-state index in [9.17, 15) is 24.3 Å². The van der Waals surface area contributed by atoms with E-state index in [-0.39, 0.29) is 68.7 Å². The highest BCUT2D eigenvalue weighted by Gasteiger charge is 2.28. The van der Waals surface area contributed by atoms with Crippen molar-refractivity contribution in [3.8, 4) is 17.2 Å². The van der Waals surface area contributed by atoms with E-state index >= 15 is 0 Å². The van der Waals surface area contributed by atoms with Crippen LogP contribution in [0.2, 0.25) is 0 Å². The maximum Gasteiger partial charge on any atom is 0.255 e. The van der Waals surface area contributed by atoms with Crippen LogP contribution in [0.3, 0.4) is 0 Å². The molecule has 1 heterocycles. The molecular formula is C35H42N4O7. The number of para-hydroxylation sites is 2. The fraction of sp³-hybridized carbons (Fsp3) is 0.371. The second-order valence-electron chi connectivity index (χ2n) is 11.5. The number of phenolic OH excluding ortho intramolecular Hbond substituents is 1. The van der Waals surface area contributed by atoms with E-state index in [1.165, 1.54) is 17.0 Å². The number of likely N-dealkylation sites (N-methyl/N-ethyl adjacent to an activating group) is 1. The molecule has 4 amide bonds. The average Bonchev–Trinajstić information content (AvgIpc) is 3.05. The molecule has 244 valence electrons. The molecule has 1 aliphatic heterocycles. The Balaban J connectivity index is 1.49. The van der Waals surface area contributed by atoms with Crippen LogP contribution in [-0.4, -0.2) is 79.1 Å². The van der Waals surface area contributed by atoms with Gasteiger partial charge in [-0.2, -0.15) is 0 Å². The van der Waals surface area contributed by atoms with Gasteiger partial charge in [-0.3, -0.25) is 19.2 Å². The van der Waals surface area contributed by atoms with Gasteiger partial charge in [0.05, 0.1) is 18.7 Å². The van der Waals surface area contributed by atoms with Gasteiger partial charge < -0.3 is 35.4 Å². The Morgan fingerprint density at radius 2 is 1.74 bits per heavy atom. The lowest BCUT2D eigenvalue weighted by molar-refractivity contribution is -0.135. The summed E-state index contributed by atoms with van der Waals surface area (Å²) in [6, 6.07) is 18.8. The van der Waals surface area contributed by atoms with E-state index in [0.717, 1.165) is 16.9 Å². The van der Waals surface area contributed by atoms with Crippen LogP contribution in [-0.2, 0) is 20.8 Å². The lowest BCUT2D eigenvalue weighted by Gasteiger charge is -2.25. The van der Waals surface area contributed by atoms with Crippen LogP contribution in [0, 0.1) is 0 Å². The summed E-state index contributed by atoms with van der Waals surface area (Å²) in [5, 5.41) is 18.0. The van der Waals surface area contributed by atoms with Gasteiger partial charge in [0.2, 0.25) is 17.7 Å². The lowest BCUT2D eigenvalue weighted by atomic mass is 10.0. The van der Waals surface area contributed by atoms with Crippen molar-refractivity contribution >= 4 is 23.6 Å². The molecule has 0 bridgehead atoms. The van der Waals surface area contributed by atoms with Gasteiger partial charge in [0.15, 0.2) is 0 Å². The fourth-order valence-corrected chi connectivity index (χ4v) is 5.11. The van der Waals surface area contributed by atoms with Gasteiger partial charge in [-0.05, 0) is 53.8 Å². The number of nitrogens with zero attached hydrogens (tertiary/aromatic N) is 1. The van der Waals surface area contributed by atoms with E-state index in [4.69, 9.17) is 9.47 Å². The van der Waals surface area contributed by atoms with Gasteiger partial charge in [-0.15, -0.1) is 0 Å². The molecule has 0 unspecified atom stereocenters. The maximum atomic E-state index is 13.4. The number of hydrogen-bond acceptors (Lipinski definition) is 7. The molecule has 4 rings (SSSR count). The Morgan fingerprint density at radius 1 is 1.02 bits per heavy atom. The Morgan fingerprint density at radius 3 is 2.50 bits per heavy atom. The van der Waals surface area contributed by atoms with Crippen molar-refractivity contribution in [2.75, 3.05) is 33.4 Å². The predicted molar refractivity (Wildman–Crippen MR) is 173 cm³/mol. The average molecular weight is 631 g/mol. The number of ether oxygens (including phenoxy) is 2. The normalized spacial score (nSPS) is 17.9. The van der Waals surface area contributed by atoms with Crippen molar-refractivity contribution < 1.29 is 33.8 Å². The van der Waals surface area contributed by atoms with Crippen LogP contribution >= 0.6 is 0 Å². The molecule has 4 N–H and O–H groups in total. The van der Waals surface area contributed by atoms with Gasteiger partial charge >= 0.3 is 0 Å². The molecule has 0 radical (unpaired) electrons. The standard InChI is InChI=1S/C35H42N4O7/c1-23(2)26-8-4-6-10-30(26)45-20-18-36-34(43)28-16-17-32(41)37-29(22-24-12-14-25(40)15-13-24)35(44)39(3)19-21-46-31-11-7-5-9-27(31)33(42)38-28/h4-15,23,28-29,40H,16-22H2,1-3H3,(H,36,43)(H,37,41)(H,38,42)/t28-,29-/m0/s1. The highest BCUT2D eigenvalue weighted by atomic mass is 16.5. The minimum atomic E-state index is -1.05. The number of hydrogen-bond donors (Lipinski definition) is 4. The topological polar surface area (TPSA) is 146 Å². The smallest absolute Gasteiger partial charge is 0.255 e. The number of benzene rings is 3. The van der Waals surface area contributed by atoms with Gasteiger partial charge in [0.25, 0.3) is 5.91 Å². The predicted octanol–water partition coefficient (Wildman–Crippen LogP) is 3.17. The molecule has 2 atom stereocenters. The molecule has 0 aliphatic carbocycles. The number of nitrogens with one attached hydrogen (secondary N) is 3. The highest BCUT2D eigenvalue weighted by molar-refractivity contribution is 5.99. The van der Waals surface area contributed by atoms with Crippen molar-refractivity contribution in [1.29, 1.82) is 0 Å². The summed E-state index contributed by atoms with van der Waals surface area (Å²) in [6.07, 6.45) is 0.0523. The Bertz CT molecular complexity index is 1510. The van der Waals surface area contributed by atoms with Crippen LogP contribution in [0.25, 0.3) is 0 Å². The molecular weight excluding hydrogens is 588 g/mol. The lowest BCUT2D eigenvalue weighted by Crippen LogP contribution is -2.50. The number of amides is 4. The Hall–Kier alpha value is -5.06. The molecule has 11 nitrogen and oxygen atoms in total. The van der Waals surface area contributed by atoms with Crippen molar-refractivity contribution in [2.24, 2.45) is 0 Å². The zero-order valence-electron chi connectivity index (χ0n) is 26.5. The summed E-state index contributed by atoms with van der Waals surface area (Å²) >= 11 is 0. The van der Waals surface area contributed by atoms with Crippen LogP contribution in [0.4, 0.5) is 0 Å². The molecule has 1 aliphatic rings. The van der Waals surface area contributed by atoms with Gasteiger partial charge in [-0.1, -0.05) is 56.3 Å². The summed E-state index contributed by atoms with van der Waals surface area (Å²) in [5.41, 5.74) is 2.03. The monoisotopic (exact) mass is 630 g/mol. The Kier molecular flexibility index (Phi) is 12.0. The number of phenols is 1. The van der Waals surface area contributed by atoms with Crippen LogP contribution in [0.1, 0.15) is 54.1 Å². The molecule has 0 fully saturated rings. The molecule has 0 aromatic heterocycles. The van der Waals surface area contributed by atoms with Crippen molar-refractivity contribution in [1.82, 2.24) is 20.9 Å². The van der Waals surface area contributed by atoms with E-state index < -0.39 is 29.8 Å². The van der Waals surface area contributed by atoms with Gasteiger partial charge in [0, 0.05) is 19.9 Å². The molecule has 3 aromatic carbocycles. The molecule has 0 saturated heterocycles. The van der Waals surface area contributed by atoms with E-state index in [1.54, 1.807) is 43.4 Å². The van der Waals surface area contributed by atoms with E-state index in [0.29, 0.717) is 5.75 Å². The Labute approximate surface area is 269 Å². The minimum Gasteiger partial charge on any atom is -0.508 e. The van der Waals surface area contributed by atoms with E-state index in [1.807, 2.05) is 24.3 Å². The summed E-state index contributed by atoms with van der Waals surface area (Å²) in [6.45, 7) is 4.83. The number of aromatic hydroxyl groups is 1. The SMILES string of the molecule is CC(C)c1ccccc1OCCNC(=O)[C@@H]1CCC(=O)N[C@@H](Cc2ccc(O)cc2)C(=O)N(C)CCOc2ccccc2C(=O)N1. The van der Waals surface area contributed by atoms with E-state index in [2.05, 4.69) is 29.8 Å². The third-order valence-electron chi connectivity index (χ3n) is 7.68. The number of rotatable bonds is 8. The fourth-order valence-electron chi connectivity index (χ4n) is 5.11. The molecule has 0 spiro atoms. The molecule has 0 saturated carbocycles. The molecule has 3 aromatic rings. The van der Waals surface area contributed by atoms with Crippen molar-refractivity contribution in [3.63, 3.8) is 0 Å². The summed E-state index contributed by atoms with van der Waals surface area (Å²) in [5.74, 6) is -0.359. The molecule has 11 heteroatoms.